The number of rotatable bonds is 6. The lowest BCUT2D eigenvalue weighted by Crippen LogP contribution is -2.39. The van der Waals surface area contributed by atoms with Gasteiger partial charge in [0.2, 0.25) is 6.79 Å². The topological polar surface area (TPSA) is 47.7 Å². The molecule has 0 bridgehead atoms. The molecular weight excluding hydrogens is 252 g/mol. The van der Waals surface area contributed by atoms with Gasteiger partial charge in [0, 0.05) is 25.2 Å². The fraction of sp³-hybridized carbons (Fsp3) is 0.625. The summed E-state index contributed by atoms with van der Waals surface area (Å²) in [5.41, 5.74) is 7.47. The zero-order valence-corrected chi connectivity index (χ0v) is 12.9. The van der Waals surface area contributed by atoms with Gasteiger partial charge in [-0.1, -0.05) is 19.9 Å². The van der Waals surface area contributed by atoms with Crippen LogP contribution in [0, 0.1) is 5.92 Å². The average Bonchev–Trinajstić information content (AvgIpc) is 2.84. The minimum absolute atomic E-state index is 0.00866. The van der Waals surface area contributed by atoms with Gasteiger partial charge in [-0.15, -0.1) is 0 Å². The summed E-state index contributed by atoms with van der Waals surface area (Å²) in [5, 5.41) is 0. The van der Waals surface area contributed by atoms with E-state index in [1.165, 1.54) is 0 Å². The van der Waals surface area contributed by atoms with Crippen LogP contribution in [0.5, 0.6) is 11.5 Å². The van der Waals surface area contributed by atoms with E-state index in [2.05, 4.69) is 32.6 Å². The maximum absolute atomic E-state index is 6.37. The van der Waals surface area contributed by atoms with Crippen LogP contribution in [-0.4, -0.2) is 30.8 Å². The molecule has 0 radical (unpaired) electrons. The van der Waals surface area contributed by atoms with E-state index in [9.17, 15) is 0 Å². The summed E-state index contributed by atoms with van der Waals surface area (Å²) in [6.07, 6.45) is 0. The van der Waals surface area contributed by atoms with Crippen molar-refractivity contribution in [3.05, 3.63) is 23.8 Å². The largest absolute Gasteiger partial charge is 0.454 e. The van der Waals surface area contributed by atoms with Crippen LogP contribution in [0.2, 0.25) is 0 Å². The summed E-state index contributed by atoms with van der Waals surface area (Å²) < 4.78 is 10.7. The van der Waals surface area contributed by atoms with Crippen LogP contribution in [0.15, 0.2) is 18.2 Å². The first-order chi connectivity index (χ1) is 9.47. The number of benzene rings is 1. The molecule has 1 atom stereocenters. The second-order valence-corrected chi connectivity index (χ2v) is 6.16. The van der Waals surface area contributed by atoms with Gasteiger partial charge in [0.1, 0.15) is 0 Å². The Bertz CT molecular complexity index is 446. The van der Waals surface area contributed by atoms with Gasteiger partial charge in [-0.05, 0) is 37.5 Å². The van der Waals surface area contributed by atoms with Gasteiger partial charge in [0.05, 0.1) is 0 Å². The predicted molar refractivity (Wildman–Crippen MR) is 81.0 cm³/mol. The Hall–Kier alpha value is -1.26. The lowest BCUT2D eigenvalue weighted by Gasteiger charge is -2.30. The molecule has 1 aromatic rings. The second kappa shape index (κ2) is 6.46. The highest BCUT2D eigenvalue weighted by atomic mass is 16.7. The molecule has 20 heavy (non-hydrogen) atoms. The van der Waals surface area contributed by atoms with Crippen LogP contribution in [0.3, 0.4) is 0 Å². The van der Waals surface area contributed by atoms with E-state index < -0.39 is 0 Å². The molecule has 0 saturated carbocycles. The van der Waals surface area contributed by atoms with E-state index in [4.69, 9.17) is 15.2 Å². The van der Waals surface area contributed by atoms with Crippen molar-refractivity contribution in [2.75, 3.05) is 19.9 Å². The van der Waals surface area contributed by atoms with E-state index in [-0.39, 0.29) is 6.04 Å². The number of nitrogens with zero attached hydrogens (tertiary/aromatic N) is 1. The molecule has 0 saturated heterocycles. The highest BCUT2D eigenvalue weighted by molar-refractivity contribution is 5.45. The monoisotopic (exact) mass is 278 g/mol. The molecular formula is C16H26N2O2. The van der Waals surface area contributed by atoms with Crippen molar-refractivity contribution in [1.82, 2.24) is 4.90 Å². The van der Waals surface area contributed by atoms with E-state index >= 15 is 0 Å². The predicted octanol–water partition coefficient (Wildman–Crippen LogP) is 2.78. The fourth-order valence-corrected chi connectivity index (χ4v) is 2.47. The Kier molecular flexibility index (Phi) is 4.89. The molecule has 4 heteroatoms. The number of fused-ring (bicyclic) bond motifs is 1. The lowest BCUT2D eigenvalue weighted by molar-refractivity contribution is 0.173. The first-order valence-corrected chi connectivity index (χ1v) is 7.36. The number of ether oxygens (including phenoxy) is 2. The maximum Gasteiger partial charge on any atom is 0.231 e. The van der Waals surface area contributed by atoms with Crippen LogP contribution in [0.1, 0.15) is 39.3 Å². The number of hydrogen-bond donors (Lipinski definition) is 1. The van der Waals surface area contributed by atoms with Crippen LogP contribution < -0.4 is 15.2 Å². The van der Waals surface area contributed by atoms with Crippen LogP contribution >= 0.6 is 0 Å². The Labute approximate surface area is 121 Å². The van der Waals surface area contributed by atoms with E-state index in [1.807, 2.05) is 18.2 Å². The smallest absolute Gasteiger partial charge is 0.231 e. The minimum atomic E-state index is -0.00866. The highest BCUT2D eigenvalue weighted by Crippen LogP contribution is 2.34. The third-order valence-corrected chi connectivity index (χ3v) is 3.59. The van der Waals surface area contributed by atoms with E-state index in [0.717, 1.165) is 30.2 Å². The quantitative estimate of drug-likeness (QED) is 0.869. The molecule has 1 aliphatic heterocycles. The summed E-state index contributed by atoms with van der Waals surface area (Å²) in [5.74, 6) is 2.25. The highest BCUT2D eigenvalue weighted by Gasteiger charge is 2.19. The summed E-state index contributed by atoms with van der Waals surface area (Å²) in [4.78, 5) is 2.43. The van der Waals surface area contributed by atoms with Crippen molar-refractivity contribution in [3.8, 4) is 11.5 Å². The molecule has 1 aromatic carbocycles. The molecule has 0 aliphatic carbocycles. The Morgan fingerprint density at radius 2 is 1.80 bits per heavy atom. The zero-order valence-electron chi connectivity index (χ0n) is 12.9. The second-order valence-electron chi connectivity index (χ2n) is 6.16. The van der Waals surface area contributed by atoms with E-state index in [1.54, 1.807) is 0 Å². The van der Waals surface area contributed by atoms with Crippen LogP contribution in [0.25, 0.3) is 0 Å². The van der Waals surface area contributed by atoms with Crippen molar-refractivity contribution in [2.24, 2.45) is 11.7 Å². The lowest BCUT2D eigenvalue weighted by atomic mass is 10.0. The molecule has 1 unspecified atom stereocenters. The Morgan fingerprint density at radius 1 is 1.10 bits per heavy atom. The van der Waals surface area contributed by atoms with Crippen LogP contribution in [0.4, 0.5) is 0 Å². The van der Waals surface area contributed by atoms with Gasteiger partial charge in [-0.3, -0.25) is 4.90 Å². The Morgan fingerprint density at radius 3 is 2.45 bits per heavy atom. The first kappa shape index (κ1) is 15.1. The van der Waals surface area contributed by atoms with E-state index in [0.29, 0.717) is 18.8 Å². The molecule has 112 valence electrons. The Balaban J connectivity index is 2.04. The molecule has 4 nitrogen and oxygen atoms in total. The van der Waals surface area contributed by atoms with Gasteiger partial charge in [0.15, 0.2) is 11.5 Å². The molecule has 2 rings (SSSR count). The standard InChI is InChI=1S/C16H26N2O2/c1-11(2)8-18(12(3)4)9-14(17)13-5-6-15-16(7-13)20-10-19-15/h5-7,11-12,14H,8-10,17H2,1-4H3. The normalized spacial score (nSPS) is 15.4. The average molecular weight is 278 g/mol. The van der Waals surface area contributed by atoms with Gasteiger partial charge in [-0.25, -0.2) is 0 Å². The SMILES string of the molecule is CC(C)CN(CC(N)c1ccc2c(c1)OCO2)C(C)C. The van der Waals surface area contributed by atoms with Gasteiger partial charge >= 0.3 is 0 Å². The van der Waals surface area contributed by atoms with Crippen LogP contribution in [-0.2, 0) is 0 Å². The van der Waals surface area contributed by atoms with Crippen molar-refractivity contribution in [2.45, 2.75) is 39.8 Å². The minimum Gasteiger partial charge on any atom is -0.454 e. The number of hydrogen-bond acceptors (Lipinski definition) is 4. The molecule has 1 heterocycles. The summed E-state index contributed by atoms with van der Waals surface area (Å²) in [6.45, 7) is 11.1. The van der Waals surface area contributed by atoms with Crippen molar-refractivity contribution in [1.29, 1.82) is 0 Å². The van der Waals surface area contributed by atoms with Crippen molar-refractivity contribution < 1.29 is 9.47 Å². The third kappa shape index (κ3) is 3.64. The van der Waals surface area contributed by atoms with Gasteiger partial charge in [-0.2, -0.15) is 0 Å². The molecule has 1 aliphatic rings. The zero-order chi connectivity index (χ0) is 14.7. The molecule has 0 spiro atoms. The van der Waals surface area contributed by atoms with Gasteiger partial charge in [0.25, 0.3) is 0 Å². The van der Waals surface area contributed by atoms with Crippen molar-refractivity contribution in [3.63, 3.8) is 0 Å². The summed E-state index contributed by atoms with van der Waals surface area (Å²) >= 11 is 0. The molecule has 0 amide bonds. The first-order valence-electron chi connectivity index (χ1n) is 7.36. The molecule has 2 N–H and O–H groups in total. The molecule has 0 fully saturated rings. The number of nitrogens with two attached hydrogens (primary N) is 1. The summed E-state index contributed by atoms with van der Waals surface area (Å²) in [7, 11) is 0. The molecule has 0 aromatic heterocycles. The fourth-order valence-electron chi connectivity index (χ4n) is 2.47. The summed E-state index contributed by atoms with van der Waals surface area (Å²) in [6, 6.07) is 6.47. The third-order valence-electron chi connectivity index (χ3n) is 3.59. The van der Waals surface area contributed by atoms with Crippen molar-refractivity contribution >= 4 is 0 Å². The van der Waals surface area contributed by atoms with Gasteiger partial charge < -0.3 is 15.2 Å². The maximum atomic E-state index is 6.37.